The van der Waals surface area contributed by atoms with Crippen LogP contribution in [-0.2, 0) is 9.59 Å². The summed E-state index contributed by atoms with van der Waals surface area (Å²) in [7, 11) is 0. The van der Waals surface area contributed by atoms with Gasteiger partial charge in [-0.15, -0.1) is 0 Å². The lowest BCUT2D eigenvalue weighted by Gasteiger charge is -2.22. The van der Waals surface area contributed by atoms with E-state index in [4.69, 9.17) is 5.11 Å². The van der Waals surface area contributed by atoms with E-state index in [2.05, 4.69) is 4.99 Å². The highest BCUT2D eigenvalue weighted by atomic mass is 16.4. The Kier molecular flexibility index (Phi) is 4.29. The van der Waals surface area contributed by atoms with E-state index >= 15 is 0 Å². The monoisotopic (exact) mass is 197 g/mol. The van der Waals surface area contributed by atoms with Crippen molar-refractivity contribution in [2.75, 3.05) is 0 Å². The predicted octanol–water partition coefficient (Wildman–Crippen LogP) is 1.29. The maximum Gasteiger partial charge on any atom is 0.306 e. The highest BCUT2D eigenvalue weighted by molar-refractivity contribution is 5.76. The Morgan fingerprint density at radius 3 is 2.50 bits per heavy atom. The third kappa shape index (κ3) is 3.28. The van der Waals surface area contributed by atoms with Gasteiger partial charge in [0.25, 0.3) is 0 Å². The molecule has 0 aromatic heterocycles. The van der Waals surface area contributed by atoms with Gasteiger partial charge in [0, 0.05) is 18.7 Å². The number of hydrogen-bond acceptors (Lipinski definition) is 3. The number of carbonyl (C=O) groups is 2. The van der Waals surface area contributed by atoms with Crippen LogP contribution >= 0.6 is 0 Å². The number of aliphatic carboxylic acids is 1. The smallest absolute Gasteiger partial charge is 0.306 e. The molecule has 1 fully saturated rings. The first-order chi connectivity index (χ1) is 6.74. The van der Waals surface area contributed by atoms with Crippen molar-refractivity contribution in [3.05, 3.63) is 0 Å². The van der Waals surface area contributed by atoms with Crippen molar-refractivity contribution >= 4 is 18.5 Å². The van der Waals surface area contributed by atoms with Crippen LogP contribution in [0.4, 0.5) is 0 Å². The molecule has 0 saturated heterocycles. The molecule has 4 nitrogen and oxygen atoms in total. The second-order valence-electron chi connectivity index (χ2n) is 3.58. The quantitative estimate of drug-likeness (QED) is 0.545. The molecule has 0 amide bonds. The number of rotatable bonds is 4. The summed E-state index contributed by atoms with van der Waals surface area (Å²) in [4.78, 5) is 24.9. The van der Waals surface area contributed by atoms with Gasteiger partial charge in [-0.3, -0.25) is 9.79 Å². The SMILES string of the molecule is O=CCC=NC1CCC(C(=O)O)CC1. The molecular formula is C10H15NO3. The fourth-order valence-corrected chi connectivity index (χ4v) is 1.72. The van der Waals surface area contributed by atoms with Gasteiger partial charge in [0.15, 0.2) is 0 Å². The second kappa shape index (κ2) is 5.52. The van der Waals surface area contributed by atoms with E-state index in [1.54, 1.807) is 6.21 Å². The molecule has 1 rings (SSSR count). The first-order valence-electron chi connectivity index (χ1n) is 4.92. The lowest BCUT2D eigenvalue weighted by Crippen LogP contribution is -2.23. The highest BCUT2D eigenvalue weighted by Crippen LogP contribution is 2.26. The van der Waals surface area contributed by atoms with Crippen LogP contribution in [0.1, 0.15) is 32.1 Å². The molecule has 1 N–H and O–H groups in total. The van der Waals surface area contributed by atoms with E-state index < -0.39 is 5.97 Å². The fraction of sp³-hybridized carbons (Fsp3) is 0.700. The molecule has 1 saturated carbocycles. The number of nitrogens with zero attached hydrogens (tertiary/aromatic N) is 1. The summed E-state index contributed by atoms with van der Waals surface area (Å²) in [5.74, 6) is -0.882. The van der Waals surface area contributed by atoms with Gasteiger partial charge in [-0.1, -0.05) is 0 Å². The molecule has 4 heteroatoms. The highest BCUT2D eigenvalue weighted by Gasteiger charge is 2.24. The molecule has 1 aliphatic rings. The van der Waals surface area contributed by atoms with Gasteiger partial charge < -0.3 is 9.90 Å². The standard InChI is InChI=1S/C10H15NO3/c12-7-1-6-11-9-4-2-8(3-5-9)10(13)14/h6-9H,1-5H2,(H,13,14). The minimum atomic E-state index is -0.694. The number of aldehydes is 1. The van der Waals surface area contributed by atoms with Crippen molar-refractivity contribution in [1.29, 1.82) is 0 Å². The van der Waals surface area contributed by atoms with E-state index in [0.29, 0.717) is 19.3 Å². The summed E-state index contributed by atoms with van der Waals surface area (Å²) in [5.41, 5.74) is 0. The summed E-state index contributed by atoms with van der Waals surface area (Å²) in [6, 6.07) is 0.227. The number of carboxylic acids is 1. The van der Waals surface area contributed by atoms with Crippen molar-refractivity contribution in [3.63, 3.8) is 0 Å². The molecular weight excluding hydrogens is 182 g/mol. The number of hydrogen-bond donors (Lipinski definition) is 1. The first-order valence-corrected chi connectivity index (χ1v) is 4.92. The van der Waals surface area contributed by atoms with Crippen LogP contribution in [0.15, 0.2) is 4.99 Å². The van der Waals surface area contributed by atoms with Gasteiger partial charge in [-0.05, 0) is 25.7 Å². The molecule has 0 aromatic carbocycles. The van der Waals surface area contributed by atoms with Crippen LogP contribution in [0.5, 0.6) is 0 Å². The number of aliphatic imine (C=N–C) groups is 1. The average molecular weight is 197 g/mol. The van der Waals surface area contributed by atoms with Gasteiger partial charge in [0.2, 0.25) is 0 Å². The van der Waals surface area contributed by atoms with Crippen LogP contribution in [0.25, 0.3) is 0 Å². The zero-order chi connectivity index (χ0) is 10.4. The summed E-state index contributed by atoms with van der Waals surface area (Å²) >= 11 is 0. The Morgan fingerprint density at radius 2 is 2.00 bits per heavy atom. The van der Waals surface area contributed by atoms with E-state index in [9.17, 15) is 9.59 Å². The Labute approximate surface area is 83.0 Å². The molecule has 0 heterocycles. The van der Waals surface area contributed by atoms with Crippen LogP contribution in [-0.4, -0.2) is 29.6 Å². The minimum Gasteiger partial charge on any atom is -0.481 e. The molecule has 0 bridgehead atoms. The largest absolute Gasteiger partial charge is 0.481 e. The maximum absolute atomic E-state index is 10.6. The molecule has 0 radical (unpaired) electrons. The van der Waals surface area contributed by atoms with Gasteiger partial charge in [-0.2, -0.15) is 0 Å². The average Bonchev–Trinajstić information content (AvgIpc) is 2.19. The molecule has 0 spiro atoms. The molecule has 78 valence electrons. The molecule has 0 aliphatic heterocycles. The van der Waals surface area contributed by atoms with Crippen LogP contribution in [0.3, 0.4) is 0 Å². The van der Waals surface area contributed by atoms with E-state index in [0.717, 1.165) is 19.1 Å². The summed E-state index contributed by atoms with van der Waals surface area (Å²) in [6.45, 7) is 0. The molecule has 0 atom stereocenters. The molecule has 0 unspecified atom stereocenters. The Bertz CT molecular complexity index is 230. The van der Waals surface area contributed by atoms with Crippen LogP contribution in [0, 0.1) is 5.92 Å². The lowest BCUT2D eigenvalue weighted by molar-refractivity contribution is -0.142. The second-order valence-corrected chi connectivity index (χ2v) is 3.58. The van der Waals surface area contributed by atoms with Crippen LogP contribution < -0.4 is 0 Å². The fourth-order valence-electron chi connectivity index (χ4n) is 1.72. The van der Waals surface area contributed by atoms with Crippen molar-refractivity contribution in [3.8, 4) is 0 Å². The molecule has 1 aliphatic carbocycles. The van der Waals surface area contributed by atoms with E-state index in [-0.39, 0.29) is 12.0 Å². The van der Waals surface area contributed by atoms with E-state index in [1.807, 2.05) is 0 Å². The minimum absolute atomic E-state index is 0.187. The topological polar surface area (TPSA) is 66.7 Å². The van der Waals surface area contributed by atoms with Crippen LogP contribution in [0.2, 0.25) is 0 Å². The summed E-state index contributed by atoms with van der Waals surface area (Å²) < 4.78 is 0. The molecule has 0 aromatic rings. The van der Waals surface area contributed by atoms with E-state index in [1.165, 1.54) is 0 Å². The van der Waals surface area contributed by atoms with Crippen molar-refractivity contribution in [2.45, 2.75) is 38.1 Å². The molecule has 14 heavy (non-hydrogen) atoms. The van der Waals surface area contributed by atoms with Crippen molar-refractivity contribution in [2.24, 2.45) is 10.9 Å². The lowest BCUT2D eigenvalue weighted by atomic mass is 9.86. The third-order valence-corrected chi connectivity index (χ3v) is 2.56. The van der Waals surface area contributed by atoms with Gasteiger partial charge in [-0.25, -0.2) is 0 Å². The number of carboxylic acid groups (broad SMARTS) is 1. The van der Waals surface area contributed by atoms with Gasteiger partial charge in [0.1, 0.15) is 6.29 Å². The third-order valence-electron chi connectivity index (χ3n) is 2.56. The first kappa shape index (κ1) is 10.9. The van der Waals surface area contributed by atoms with Crippen molar-refractivity contribution in [1.82, 2.24) is 0 Å². The normalized spacial score (nSPS) is 27.7. The zero-order valence-electron chi connectivity index (χ0n) is 8.06. The Balaban J connectivity index is 2.28. The maximum atomic E-state index is 10.6. The van der Waals surface area contributed by atoms with Gasteiger partial charge in [0.05, 0.1) is 5.92 Å². The Morgan fingerprint density at radius 1 is 1.36 bits per heavy atom. The number of carbonyl (C=O) groups excluding carboxylic acids is 1. The van der Waals surface area contributed by atoms with Crippen molar-refractivity contribution < 1.29 is 14.7 Å². The summed E-state index contributed by atoms with van der Waals surface area (Å²) in [5, 5.41) is 8.75. The Hall–Kier alpha value is -1.19. The van der Waals surface area contributed by atoms with Gasteiger partial charge >= 0.3 is 5.97 Å². The summed E-state index contributed by atoms with van der Waals surface area (Å²) in [6.07, 6.45) is 5.86. The predicted molar refractivity (Wildman–Crippen MR) is 52.6 cm³/mol. The zero-order valence-corrected chi connectivity index (χ0v) is 8.06.